The quantitative estimate of drug-likeness (QED) is 0.639. The highest BCUT2D eigenvalue weighted by Crippen LogP contribution is 2.27. The van der Waals surface area contributed by atoms with Gasteiger partial charge in [0.2, 0.25) is 11.8 Å². The van der Waals surface area contributed by atoms with E-state index in [9.17, 15) is 4.79 Å². The van der Waals surface area contributed by atoms with E-state index >= 15 is 0 Å². The summed E-state index contributed by atoms with van der Waals surface area (Å²) >= 11 is 0. The zero-order chi connectivity index (χ0) is 19.9. The summed E-state index contributed by atoms with van der Waals surface area (Å²) in [7, 11) is 4.66. The van der Waals surface area contributed by atoms with Gasteiger partial charge in [-0.15, -0.1) is 10.2 Å². The van der Waals surface area contributed by atoms with Crippen LogP contribution in [0.5, 0.6) is 17.2 Å². The minimum Gasteiger partial charge on any atom is -0.497 e. The van der Waals surface area contributed by atoms with Gasteiger partial charge in [-0.3, -0.25) is 4.79 Å². The Labute approximate surface area is 162 Å². The van der Waals surface area contributed by atoms with Crippen LogP contribution in [-0.2, 0) is 6.42 Å². The summed E-state index contributed by atoms with van der Waals surface area (Å²) in [5.74, 6) is 2.38. The number of carbonyl (C=O) groups excluding carboxylic acids is 1. The van der Waals surface area contributed by atoms with Crippen molar-refractivity contribution in [2.75, 3.05) is 27.9 Å². The lowest BCUT2D eigenvalue weighted by Gasteiger charge is -2.09. The Balaban J connectivity index is 1.58. The van der Waals surface area contributed by atoms with Crippen molar-refractivity contribution in [3.63, 3.8) is 0 Å². The lowest BCUT2D eigenvalue weighted by molar-refractivity contribution is 0.0953. The molecule has 0 saturated heterocycles. The topological polar surface area (TPSA) is 95.7 Å². The third-order valence-electron chi connectivity index (χ3n) is 4.05. The Morgan fingerprint density at radius 3 is 2.57 bits per heavy atom. The summed E-state index contributed by atoms with van der Waals surface area (Å²) in [5.41, 5.74) is 1.24. The number of hydrogen-bond acceptors (Lipinski definition) is 7. The van der Waals surface area contributed by atoms with Crippen molar-refractivity contribution in [2.24, 2.45) is 0 Å². The summed E-state index contributed by atoms with van der Waals surface area (Å²) in [6.45, 7) is 0.354. The van der Waals surface area contributed by atoms with Crippen molar-refractivity contribution in [1.29, 1.82) is 0 Å². The molecule has 0 aliphatic carbocycles. The standard InChI is InChI=1S/C20H21N3O5/c1-25-15-6-4-5-14(11-15)20-23-22-18(28-20)9-10-21-19(24)13-7-8-16(26-2)17(12-13)27-3/h4-8,11-12H,9-10H2,1-3H3,(H,21,24). The van der Waals surface area contributed by atoms with Gasteiger partial charge in [0.1, 0.15) is 5.75 Å². The van der Waals surface area contributed by atoms with Crippen molar-refractivity contribution in [1.82, 2.24) is 15.5 Å². The van der Waals surface area contributed by atoms with Crippen molar-refractivity contribution < 1.29 is 23.4 Å². The highest BCUT2D eigenvalue weighted by molar-refractivity contribution is 5.94. The second-order valence-corrected chi connectivity index (χ2v) is 5.81. The molecular formula is C20H21N3O5. The van der Waals surface area contributed by atoms with Gasteiger partial charge < -0.3 is 23.9 Å². The zero-order valence-corrected chi connectivity index (χ0v) is 15.9. The first-order chi connectivity index (χ1) is 13.6. The molecule has 3 aromatic rings. The van der Waals surface area contributed by atoms with Crippen LogP contribution in [0.3, 0.4) is 0 Å². The summed E-state index contributed by atoms with van der Waals surface area (Å²) in [5, 5.41) is 10.9. The van der Waals surface area contributed by atoms with Crippen LogP contribution in [0.2, 0.25) is 0 Å². The third-order valence-corrected chi connectivity index (χ3v) is 4.05. The number of aromatic nitrogens is 2. The number of nitrogens with one attached hydrogen (secondary N) is 1. The summed E-state index contributed by atoms with van der Waals surface area (Å²) < 4.78 is 21.2. The van der Waals surface area contributed by atoms with Gasteiger partial charge in [-0.05, 0) is 36.4 Å². The van der Waals surface area contributed by atoms with E-state index in [1.165, 1.54) is 7.11 Å². The number of benzene rings is 2. The van der Waals surface area contributed by atoms with Gasteiger partial charge in [-0.25, -0.2) is 0 Å². The molecule has 0 bridgehead atoms. The van der Waals surface area contributed by atoms with E-state index in [4.69, 9.17) is 18.6 Å². The van der Waals surface area contributed by atoms with E-state index in [0.29, 0.717) is 47.6 Å². The second-order valence-electron chi connectivity index (χ2n) is 5.81. The number of nitrogens with zero attached hydrogens (tertiary/aromatic N) is 2. The average Bonchev–Trinajstić information content (AvgIpc) is 3.22. The molecule has 146 valence electrons. The molecule has 1 aromatic heterocycles. The maximum absolute atomic E-state index is 12.3. The van der Waals surface area contributed by atoms with Crippen molar-refractivity contribution in [3.05, 3.63) is 53.9 Å². The third kappa shape index (κ3) is 4.40. The Kier molecular flexibility index (Phi) is 6.11. The van der Waals surface area contributed by atoms with Gasteiger partial charge in [0.15, 0.2) is 11.5 Å². The van der Waals surface area contributed by atoms with Gasteiger partial charge in [-0.2, -0.15) is 0 Å². The van der Waals surface area contributed by atoms with E-state index in [1.807, 2.05) is 24.3 Å². The fourth-order valence-corrected chi connectivity index (χ4v) is 2.59. The molecule has 8 nitrogen and oxygen atoms in total. The average molecular weight is 383 g/mol. The van der Waals surface area contributed by atoms with Crippen LogP contribution in [-0.4, -0.2) is 44.0 Å². The first kappa shape index (κ1) is 19.2. The molecule has 0 atom stereocenters. The van der Waals surface area contributed by atoms with Gasteiger partial charge in [-0.1, -0.05) is 6.07 Å². The van der Waals surface area contributed by atoms with Crippen molar-refractivity contribution in [2.45, 2.75) is 6.42 Å². The fourth-order valence-electron chi connectivity index (χ4n) is 2.59. The second kappa shape index (κ2) is 8.90. The van der Waals surface area contributed by atoms with Crippen LogP contribution >= 0.6 is 0 Å². The Morgan fingerprint density at radius 1 is 1.00 bits per heavy atom. The molecule has 0 radical (unpaired) electrons. The predicted octanol–water partition coefficient (Wildman–Crippen LogP) is 2.73. The molecule has 1 heterocycles. The summed E-state index contributed by atoms with van der Waals surface area (Å²) in [4.78, 5) is 12.3. The lowest BCUT2D eigenvalue weighted by Crippen LogP contribution is -2.25. The summed E-state index contributed by atoms with van der Waals surface area (Å²) in [6.07, 6.45) is 0.413. The number of rotatable bonds is 8. The first-order valence-electron chi connectivity index (χ1n) is 8.61. The van der Waals surface area contributed by atoms with Gasteiger partial charge >= 0.3 is 0 Å². The monoisotopic (exact) mass is 383 g/mol. The Morgan fingerprint density at radius 2 is 1.82 bits per heavy atom. The molecule has 0 fully saturated rings. The Hall–Kier alpha value is -3.55. The SMILES string of the molecule is COc1cccc(-c2nnc(CCNC(=O)c3ccc(OC)c(OC)c3)o2)c1. The van der Waals surface area contributed by atoms with Crippen LogP contribution in [0.1, 0.15) is 16.2 Å². The maximum Gasteiger partial charge on any atom is 0.251 e. The molecular weight excluding hydrogens is 362 g/mol. The van der Waals surface area contributed by atoms with Gasteiger partial charge in [0.25, 0.3) is 5.91 Å². The number of methoxy groups -OCH3 is 3. The van der Waals surface area contributed by atoms with Crippen LogP contribution in [0.25, 0.3) is 11.5 Å². The molecule has 0 aliphatic rings. The number of carbonyl (C=O) groups is 1. The first-order valence-corrected chi connectivity index (χ1v) is 8.61. The molecule has 8 heteroatoms. The maximum atomic E-state index is 12.3. The highest BCUT2D eigenvalue weighted by atomic mass is 16.5. The van der Waals surface area contributed by atoms with E-state index in [2.05, 4.69) is 15.5 Å². The van der Waals surface area contributed by atoms with Crippen LogP contribution < -0.4 is 19.5 Å². The van der Waals surface area contributed by atoms with Crippen LogP contribution in [0.4, 0.5) is 0 Å². The number of hydrogen-bond donors (Lipinski definition) is 1. The molecule has 0 saturated carbocycles. The molecule has 1 amide bonds. The zero-order valence-electron chi connectivity index (χ0n) is 15.9. The smallest absolute Gasteiger partial charge is 0.251 e. The number of amides is 1. The largest absolute Gasteiger partial charge is 0.497 e. The molecule has 0 aliphatic heterocycles. The van der Waals surface area contributed by atoms with E-state index in [-0.39, 0.29) is 5.91 Å². The highest BCUT2D eigenvalue weighted by Gasteiger charge is 2.12. The molecule has 1 N–H and O–H groups in total. The fraction of sp³-hybridized carbons (Fsp3) is 0.250. The molecule has 2 aromatic carbocycles. The Bertz CT molecular complexity index is 955. The normalized spacial score (nSPS) is 10.4. The van der Waals surface area contributed by atoms with E-state index in [0.717, 1.165) is 5.56 Å². The van der Waals surface area contributed by atoms with Gasteiger partial charge in [0.05, 0.1) is 21.3 Å². The summed E-state index contributed by atoms with van der Waals surface area (Å²) in [6, 6.07) is 12.3. The molecule has 28 heavy (non-hydrogen) atoms. The van der Waals surface area contributed by atoms with Gasteiger partial charge in [0, 0.05) is 24.1 Å². The van der Waals surface area contributed by atoms with Crippen LogP contribution in [0.15, 0.2) is 46.9 Å². The van der Waals surface area contributed by atoms with Crippen LogP contribution in [0, 0.1) is 0 Å². The molecule has 3 rings (SSSR count). The molecule has 0 spiro atoms. The minimum atomic E-state index is -0.228. The van der Waals surface area contributed by atoms with E-state index in [1.54, 1.807) is 32.4 Å². The minimum absolute atomic E-state index is 0.228. The predicted molar refractivity (Wildman–Crippen MR) is 102 cm³/mol. The molecule has 0 unspecified atom stereocenters. The van der Waals surface area contributed by atoms with E-state index < -0.39 is 0 Å². The number of ether oxygens (including phenoxy) is 3. The lowest BCUT2D eigenvalue weighted by atomic mass is 10.2. The van der Waals surface area contributed by atoms with Crippen molar-refractivity contribution >= 4 is 5.91 Å². The van der Waals surface area contributed by atoms with Crippen molar-refractivity contribution in [3.8, 4) is 28.7 Å².